The number of nitrogens with one attached hydrogen (secondary N) is 1. The molecule has 1 aliphatic heterocycles. The molecule has 8 nitrogen and oxygen atoms in total. The number of amides is 1. The van der Waals surface area contributed by atoms with Gasteiger partial charge in [-0.2, -0.15) is 0 Å². The van der Waals surface area contributed by atoms with Gasteiger partial charge < -0.3 is 19.9 Å². The Kier molecular flexibility index (Phi) is 7.11. The predicted molar refractivity (Wildman–Crippen MR) is 161 cm³/mol. The van der Waals surface area contributed by atoms with E-state index < -0.39 is 0 Å². The third-order valence-electron chi connectivity index (χ3n) is 8.24. The Hall–Kier alpha value is -4.40. The van der Waals surface area contributed by atoms with Gasteiger partial charge in [0, 0.05) is 62.1 Å². The average Bonchev–Trinajstić information content (AvgIpc) is 3.30. The van der Waals surface area contributed by atoms with Crippen LogP contribution in [0.5, 0.6) is 0 Å². The highest BCUT2D eigenvalue weighted by Crippen LogP contribution is 2.33. The highest BCUT2D eigenvalue weighted by molar-refractivity contribution is 6.03. The van der Waals surface area contributed by atoms with Gasteiger partial charge in [-0.15, -0.1) is 0 Å². The first-order valence-electron chi connectivity index (χ1n) is 13.9. The Balaban J connectivity index is 1.29. The van der Waals surface area contributed by atoms with Gasteiger partial charge >= 0.3 is 0 Å². The van der Waals surface area contributed by atoms with E-state index in [1.54, 1.807) is 12.4 Å². The van der Waals surface area contributed by atoms with E-state index in [1.165, 1.54) is 0 Å². The van der Waals surface area contributed by atoms with Crippen LogP contribution < -0.4 is 5.32 Å². The molecular weight excluding hydrogens is 512 g/mol. The first-order chi connectivity index (χ1) is 19.8. The molecule has 1 amide bonds. The smallest absolute Gasteiger partial charge is 0.291 e. The summed E-state index contributed by atoms with van der Waals surface area (Å²) in [5, 5.41) is 13.6. The number of nitrogens with zero attached hydrogens (tertiary/aromatic N) is 5. The maximum Gasteiger partial charge on any atom is 0.291 e. The zero-order valence-corrected chi connectivity index (χ0v) is 23.9. The summed E-state index contributed by atoms with van der Waals surface area (Å²) < 4.78 is 1.94. The minimum Gasteiger partial charge on any atom is -0.392 e. The number of hydrogen-bond donors (Lipinski definition) is 2. The van der Waals surface area contributed by atoms with Crippen LogP contribution in [0.15, 0.2) is 60.9 Å². The number of hydrogen-bond acceptors (Lipinski definition) is 6. The van der Waals surface area contributed by atoms with Gasteiger partial charge in [-0.3, -0.25) is 14.8 Å². The van der Waals surface area contributed by atoms with E-state index >= 15 is 0 Å². The topological polar surface area (TPSA) is 96.2 Å². The van der Waals surface area contributed by atoms with Crippen LogP contribution in [0.1, 0.15) is 50.0 Å². The number of aliphatic hydroxyl groups excluding tert-OH is 1. The number of anilines is 1. The fourth-order valence-electron chi connectivity index (χ4n) is 5.83. The summed E-state index contributed by atoms with van der Waals surface area (Å²) in [6.07, 6.45) is 5.03. The molecule has 6 rings (SSSR count). The lowest BCUT2D eigenvalue weighted by Gasteiger charge is -2.21. The first-order valence-corrected chi connectivity index (χ1v) is 13.9. The summed E-state index contributed by atoms with van der Waals surface area (Å²) in [5.41, 5.74) is 10.9. The van der Waals surface area contributed by atoms with Gasteiger partial charge in [-0.05, 0) is 72.5 Å². The molecule has 0 aliphatic carbocycles. The normalized spacial score (nSPS) is 13.4. The van der Waals surface area contributed by atoms with Crippen LogP contribution in [-0.4, -0.2) is 49.0 Å². The van der Waals surface area contributed by atoms with Gasteiger partial charge in [0.15, 0.2) is 5.82 Å². The fourth-order valence-corrected chi connectivity index (χ4v) is 5.83. The molecule has 0 spiro atoms. The molecule has 0 saturated carbocycles. The Morgan fingerprint density at radius 1 is 1.02 bits per heavy atom. The van der Waals surface area contributed by atoms with Crippen LogP contribution in [0.3, 0.4) is 0 Å². The van der Waals surface area contributed by atoms with Gasteiger partial charge in [0.05, 0.1) is 23.5 Å². The zero-order chi connectivity index (χ0) is 28.7. The maximum absolute atomic E-state index is 13.4. The summed E-state index contributed by atoms with van der Waals surface area (Å²) in [4.78, 5) is 29.5. The molecule has 5 aromatic rings. The van der Waals surface area contributed by atoms with Crippen LogP contribution in [0, 0.1) is 13.8 Å². The minimum atomic E-state index is -0.200. The lowest BCUT2D eigenvalue weighted by Crippen LogP contribution is -2.27. The number of imidazole rings is 1. The lowest BCUT2D eigenvalue weighted by atomic mass is 9.91. The molecule has 3 aromatic heterocycles. The molecule has 0 saturated heterocycles. The molecule has 0 unspecified atom stereocenters. The van der Waals surface area contributed by atoms with Crippen LogP contribution in [0.4, 0.5) is 5.69 Å². The summed E-state index contributed by atoms with van der Waals surface area (Å²) in [6.45, 7) is 5.86. The van der Waals surface area contributed by atoms with E-state index in [1.807, 2.05) is 42.8 Å². The molecule has 0 bridgehead atoms. The number of rotatable bonds is 6. The fraction of sp³-hybridized carbons (Fsp3) is 0.273. The van der Waals surface area contributed by atoms with Crippen LogP contribution in [0.25, 0.3) is 22.0 Å². The molecule has 2 aromatic carbocycles. The Morgan fingerprint density at radius 3 is 2.61 bits per heavy atom. The Labute approximate surface area is 239 Å². The van der Waals surface area contributed by atoms with Gasteiger partial charge in [0.25, 0.3) is 5.91 Å². The molecule has 8 heteroatoms. The van der Waals surface area contributed by atoms with Crippen molar-refractivity contribution in [1.29, 1.82) is 0 Å². The summed E-state index contributed by atoms with van der Waals surface area (Å²) >= 11 is 0. The van der Waals surface area contributed by atoms with Gasteiger partial charge in [-0.1, -0.05) is 30.3 Å². The van der Waals surface area contributed by atoms with Crippen LogP contribution in [0.2, 0.25) is 0 Å². The van der Waals surface area contributed by atoms with Crippen LogP contribution >= 0.6 is 0 Å². The van der Waals surface area contributed by atoms with Crippen molar-refractivity contribution in [2.45, 2.75) is 39.8 Å². The van der Waals surface area contributed by atoms with Crippen molar-refractivity contribution in [3.05, 3.63) is 106 Å². The second kappa shape index (κ2) is 10.9. The SMILES string of the molecule is Cc1c(Cc2nccc3cc(CO)cnc23)cccc1-c1cccc(NC(=O)c2nc3c(n2C)CCN(C)C3)c1C. The molecule has 0 atom stereocenters. The number of aromatic nitrogens is 4. The number of carbonyl (C=O) groups excluding carboxylic acids is 1. The summed E-state index contributed by atoms with van der Waals surface area (Å²) in [5.74, 6) is 0.241. The average molecular weight is 547 g/mol. The number of carbonyl (C=O) groups is 1. The number of fused-ring (bicyclic) bond motifs is 2. The maximum atomic E-state index is 13.4. The standard InChI is InChI=1S/C33H34N6O2/c1-20-23(16-28-31-24(11-13-34-28)15-22(19-40)17-35-31)7-5-8-25(20)26-9-6-10-27(21(26)2)37-33(41)32-36-29-18-38(3)14-12-30(29)39(32)4/h5-11,13,15,17,40H,12,14,16,18-19H2,1-4H3,(H,37,41). The second-order valence-electron chi connectivity index (χ2n) is 10.9. The van der Waals surface area contributed by atoms with Gasteiger partial charge in [0.2, 0.25) is 0 Å². The van der Waals surface area contributed by atoms with Gasteiger partial charge in [0.1, 0.15) is 0 Å². The quantitative estimate of drug-likeness (QED) is 0.312. The third-order valence-corrected chi connectivity index (χ3v) is 8.24. The minimum absolute atomic E-state index is 0.0397. The van der Waals surface area contributed by atoms with E-state index in [0.29, 0.717) is 12.2 Å². The van der Waals surface area contributed by atoms with Crippen molar-refractivity contribution in [3.63, 3.8) is 0 Å². The van der Waals surface area contributed by atoms with Crippen molar-refractivity contribution >= 4 is 22.5 Å². The van der Waals surface area contributed by atoms with E-state index in [-0.39, 0.29) is 12.5 Å². The molecule has 41 heavy (non-hydrogen) atoms. The van der Waals surface area contributed by atoms with Gasteiger partial charge in [-0.25, -0.2) is 4.98 Å². The largest absolute Gasteiger partial charge is 0.392 e. The summed E-state index contributed by atoms with van der Waals surface area (Å²) in [6, 6.07) is 16.2. The summed E-state index contributed by atoms with van der Waals surface area (Å²) in [7, 11) is 4.00. The van der Waals surface area contributed by atoms with E-state index in [4.69, 9.17) is 0 Å². The van der Waals surface area contributed by atoms with Crippen molar-refractivity contribution in [2.75, 3.05) is 18.9 Å². The van der Waals surface area contributed by atoms with Crippen molar-refractivity contribution in [3.8, 4) is 11.1 Å². The molecule has 0 fully saturated rings. The molecule has 1 aliphatic rings. The number of likely N-dealkylation sites (N-methyl/N-ethyl adjacent to an activating group) is 1. The number of benzene rings is 2. The van der Waals surface area contributed by atoms with E-state index in [9.17, 15) is 9.90 Å². The number of pyridine rings is 2. The zero-order valence-electron chi connectivity index (χ0n) is 23.9. The monoisotopic (exact) mass is 546 g/mol. The third kappa shape index (κ3) is 5.01. The molecule has 4 heterocycles. The van der Waals surface area contributed by atoms with Crippen LogP contribution in [-0.2, 0) is 33.0 Å². The molecular formula is C33H34N6O2. The predicted octanol–water partition coefficient (Wildman–Crippen LogP) is 4.97. The molecule has 0 radical (unpaired) electrons. The van der Waals surface area contributed by atoms with E-state index in [0.717, 1.165) is 86.6 Å². The lowest BCUT2D eigenvalue weighted by molar-refractivity contribution is 0.101. The molecule has 2 N–H and O–H groups in total. The highest BCUT2D eigenvalue weighted by Gasteiger charge is 2.24. The highest BCUT2D eigenvalue weighted by atomic mass is 16.3. The Bertz CT molecular complexity index is 1790. The van der Waals surface area contributed by atoms with Crippen molar-refractivity contribution in [2.24, 2.45) is 7.05 Å². The number of aliphatic hydroxyl groups is 1. The molecule has 208 valence electrons. The van der Waals surface area contributed by atoms with Crippen molar-refractivity contribution in [1.82, 2.24) is 24.4 Å². The first kappa shape index (κ1) is 26.8. The van der Waals surface area contributed by atoms with Crippen molar-refractivity contribution < 1.29 is 9.90 Å². The second-order valence-corrected chi connectivity index (χ2v) is 10.9. The Morgan fingerprint density at radius 2 is 1.80 bits per heavy atom. The van der Waals surface area contributed by atoms with E-state index in [2.05, 4.69) is 63.4 Å².